The number of hydrogen-bond acceptors (Lipinski definition) is 4. The molecule has 3 N–H and O–H groups in total. The number of aliphatic hydroxyl groups is 1. The molecular formula is C16H22N2OS. The highest BCUT2D eigenvalue weighted by Crippen LogP contribution is 2.28. The molecule has 2 aromatic rings. The Kier molecular flexibility index (Phi) is 5.73. The third-order valence-corrected chi connectivity index (χ3v) is 4.28. The van der Waals surface area contributed by atoms with Crippen LogP contribution in [-0.4, -0.2) is 29.2 Å². The number of nitrogens with two attached hydrogens (primary N) is 1. The molecule has 2 atom stereocenters. The zero-order chi connectivity index (χ0) is 14.4. The van der Waals surface area contributed by atoms with Crippen LogP contribution >= 0.6 is 11.3 Å². The lowest BCUT2D eigenvalue weighted by atomic mass is 10.1. The SMILES string of the molecule is CC(N)C(c1cccs1)N(CCO)Cc1ccccc1. The van der Waals surface area contributed by atoms with E-state index in [0.717, 1.165) is 6.54 Å². The average molecular weight is 290 g/mol. The standard InChI is InChI=1S/C16H22N2OS/c1-13(17)16(15-8-5-11-20-15)18(9-10-19)12-14-6-3-2-4-7-14/h2-8,11,13,16,19H,9-10,12,17H2,1H3. The van der Waals surface area contributed by atoms with Crippen molar-refractivity contribution in [2.45, 2.75) is 25.6 Å². The van der Waals surface area contributed by atoms with E-state index in [1.54, 1.807) is 11.3 Å². The van der Waals surface area contributed by atoms with Crippen LogP contribution in [0.2, 0.25) is 0 Å². The number of rotatable bonds is 7. The Bertz CT molecular complexity index is 484. The van der Waals surface area contributed by atoms with Gasteiger partial charge in [0, 0.05) is 24.0 Å². The van der Waals surface area contributed by atoms with Crippen LogP contribution in [0.1, 0.15) is 23.4 Å². The first-order valence-corrected chi connectivity index (χ1v) is 7.78. The predicted molar refractivity (Wildman–Crippen MR) is 84.6 cm³/mol. The minimum atomic E-state index is 0.0175. The molecule has 3 nitrogen and oxygen atoms in total. The van der Waals surface area contributed by atoms with E-state index < -0.39 is 0 Å². The summed E-state index contributed by atoms with van der Waals surface area (Å²) in [6, 6.07) is 14.6. The first-order valence-electron chi connectivity index (χ1n) is 6.90. The molecule has 0 spiro atoms. The second-order valence-electron chi connectivity index (χ2n) is 5.00. The Balaban J connectivity index is 2.21. The van der Waals surface area contributed by atoms with Crippen molar-refractivity contribution in [2.75, 3.05) is 13.2 Å². The Hall–Kier alpha value is -1.20. The molecular weight excluding hydrogens is 268 g/mol. The van der Waals surface area contributed by atoms with E-state index in [-0.39, 0.29) is 18.7 Å². The van der Waals surface area contributed by atoms with Crippen LogP contribution in [0.5, 0.6) is 0 Å². The van der Waals surface area contributed by atoms with Crippen molar-refractivity contribution in [1.82, 2.24) is 4.90 Å². The number of thiophene rings is 1. The molecule has 4 heteroatoms. The summed E-state index contributed by atoms with van der Waals surface area (Å²) in [5, 5.41) is 11.4. The Morgan fingerprint density at radius 3 is 2.50 bits per heavy atom. The van der Waals surface area contributed by atoms with Crippen LogP contribution in [0.3, 0.4) is 0 Å². The van der Waals surface area contributed by atoms with Crippen molar-refractivity contribution >= 4 is 11.3 Å². The van der Waals surface area contributed by atoms with Gasteiger partial charge in [0.15, 0.2) is 0 Å². The molecule has 20 heavy (non-hydrogen) atoms. The summed E-state index contributed by atoms with van der Waals surface area (Å²) in [6.45, 7) is 3.59. The second-order valence-corrected chi connectivity index (χ2v) is 5.98. The lowest BCUT2D eigenvalue weighted by Crippen LogP contribution is -2.40. The second kappa shape index (κ2) is 7.55. The van der Waals surface area contributed by atoms with E-state index in [9.17, 15) is 5.11 Å². The van der Waals surface area contributed by atoms with Gasteiger partial charge in [0.25, 0.3) is 0 Å². The molecule has 2 unspecified atom stereocenters. The number of nitrogens with zero attached hydrogens (tertiary/aromatic N) is 1. The van der Waals surface area contributed by atoms with Crippen LogP contribution in [0, 0.1) is 0 Å². The van der Waals surface area contributed by atoms with Gasteiger partial charge in [-0.05, 0) is 23.9 Å². The highest BCUT2D eigenvalue weighted by Gasteiger charge is 2.24. The first-order chi connectivity index (χ1) is 9.72. The van der Waals surface area contributed by atoms with E-state index in [1.165, 1.54) is 10.4 Å². The van der Waals surface area contributed by atoms with E-state index >= 15 is 0 Å². The van der Waals surface area contributed by atoms with E-state index in [2.05, 4.69) is 34.5 Å². The molecule has 0 saturated heterocycles. The molecule has 2 rings (SSSR count). The molecule has 108 valence electrons. The van der Waals surface area contributed by atoms with Crippen molar-refractivity contribution in [2.24, 2.45) is 5.73 Å². The minimum Gasteiger partial charge on any atom is -0.395 e. The summed E-state index contributed by atoms with van der Waals surface area (Å²) in [7, 11) is 0. The molecule has 1 aromatic heterocycles. The normalized spacial score (nSPS) is 14.4. The van der Waals surface area contributed by atoms with Crippen LogP contribution < -0.4 is 5.73 Å². The lowest BCUT2D eigenvalue weighted by Gasteiger charge is -2.33. The monoisotopic (exact) mass is 290 g/mol. The summed E-state index contributed by atoms with van der Waals surface area (Å²) in [6.07, 6.45) is 0. The van der Waals surface area contributed by atoms with Crippen LogP contribution in [0.15, 0.2) is 47.8 Å². The highest BCUT2D eigenvalue weighted by atomic mass is 32.1. The minimum absolute atomic E-state index is 0.0175. The third kappa shape index (κ3) is 3.90. The average Bonchev–Trinajstić information content (AvgIpc) is 2.93. The highest BCUT2D eigenvalue weighted by molar-refractivity contribution is 7.10. The Morgan fingerprint density at radius 2 is 1.95 bits per heavy atom. The summed E-state index contributed by atoms with van der Waals surface area (Å²) < 4.78 is 0. The molecule has 0 bridgehead atoms. The molecule has 0 radical (unpaired) electrons. The van der Waals surface area contributed by atoms with Gasteiger partial charge in [0.1, 0.15) is 0 Å². The third-order valence-electron chi connectivity index (χ3n) is 3.34. The summed E-state index contributed by atoms with van der Waals surface area (Å²) >= 11 is 1.72. The van der Waals surface area contributed by atoms with Gasteiger partial charge in [0.2, 0.25) is 0 Å². The van der Waals surface area contributed by atoms with Crippen molar-refractivity contribution in [3.05, 3.63) is 58.3 Å². The smallest absolute Gasteiger partial charge is 0.0594 e. The predicted octanol–water partition coefficient (Wildman–Crippen LogP) is 2.63. The zero-order valence-corrected chi connectivity index (χ0v) is 12.6. The maximum absolute atomic E-state index is 9.36. The van der Waals surface area contributed by atoms with Crippen molar-refractivity contribution in [3.63, 3.8) is 0 Å². The number of aliphatic hydroxyl groups excluding tert-OH is 1. The lowest BCUT2D eigenvalue weighted by molar-refractivity contribution is 0.131. The summed E-state index contributed by atoms with van der Waals surface area (Å²) in [5.41, 5.74) is 7.44. The van der Waals surface area contributed by atoms with Crippen LogP contribution in [0.25, 0.3) is 0 Å². The maximum Gasteiger partial charge on any atom is 0.0594 e. The van der Waals surface area contributed by atoms with Gasteiger partial charge in [-0.3, -0.25) is 4.90 Å². The topological polar surface area (TPSA) is 49.5 Å². The molecule has 0 aliphatic carbocycles. The number of benzene rings is 1. The fourth-order valence-electron chi connectivity index (χ4n) is 2.49. The molecule has 0 aliphatic rings. The fourth-order valence-corrected chi connectivity index (χ4v) is 3.47. The number of hydrogen-bond donors (Lipinski definition) is 2. The zero-order valence-electron chi connectivity index (χ0n) is 11.8. The van der Waals surface area contributed by atoms with Crippen molar-refractivity contribution < 1.29 is 5.11 Å². The van der Waals surface area contributed by atoms with Gasteiger partial charge in [-0.15, -0.1) is 11.3 Å². The van der Waals surface area contributed by atoms with Crippen LogP contribution in [-0.2, 0) is 6.54 Å². The van der Waals surface area contributed by atoms with Gasteiger partial charge in [-0.25, -0.2) is 0 Å². The van der Waals surface area contributed by atoms with Gasteiger partial charge < -0.3 is 10.8 Å². The fraction of sp³-hybridized carbons (Fsp3) is 0.375. The molecule has 1 heterocycles. The molecule has 0 fully saturated rings. The maximum atomic E-state index is 9.36. The van der Waals surface area contributed by atoms with Gasteiger partial charge >= 0.3 is 0 Å². The van der Waals surface area contributed by atoms with E-state index in [1.807, 2.05) is 25.1 Å². The largest absolute Gasteiger partial charge is 0.395 e. The molecule has 0 aliphatic heterocycles. The van der Waals surface area contributed by atoms with E-state index in [0.29, 0.717) is 6.54 Å². The van der Waals surface area contributed by atoms with Crippen molar-refractivity contribution in [1.29, 1.82) is 0 Å². The summed E-state index contributed by atoms with van der Waals surface area (Å²) in [5.74, 6) is 0. The van der Waals surface area contributed by atoms with E-state index in [4.69, 9.17) is 5.73 Å². The Morgan fingerprint density at radius 1 is 1.20 bits per heavy atom. The first kappa shape index (κ1) is 15.2. The molecule has 0 amide bonds. The summed E-state index contributed by atoms with van der Waals surface area (Å²) in [4.78, 5) is 3.51. The van der Waals surface area contributed by atoms with Crippen molar-refractivity contribution in [3.8, 4) is 0 Å². The molecule has 0 saturated carbocycles. The van der Waals surface area contributed by atoms with Gasteiger partial charge in [0.05, 0.1) is 12.6 Å². The van der Waals surface area contributed by atoms with Gasteiger partial charge in [-0.2, -0.15) is 0 Å². The van der Waals surface area contributed by atoms with Crippen LogP contribution in [0.4, 0.5) is 0 Å². The quantitative estimate of drug-likeness (QED) is 0.824. The molecule has 1 aromatic carbocycles. The Labute approximate surface area is 124 Å². The van der Waals surface area contributed by atoms with Gasteiger partial charge in [-0.1, -0.05) is 36.4 Å².